The summed E-state index contributed by atoms with van der Waals surface area (Å²) in [6.07, 6.45) is 8.38. The molecular formula is C15H19N3O. The molecular weight excluding hydrogens is 238 g/mol. The van der Waals surface area contributed by atoms with Crippen molar-refractivity contribution < 1.29 is 4.79 Å². The van der Waals surface area contributed by atoms with E-state index in [0.717, 1.165) is 11.8 Å². The third kappa shape index (κ3) is 1.90. The van der Waals surface area contributed by atoms with Crippen molar-refractivity contribution in [2.24, 2.45) is 28.8 Å². The topological polar surface area (TPSA) is 57.2 Å². The monoisotopic (exact) mass is 257 g/mol. The van der Waals surface area contributed by atoms with E-state index in [0.29, 0.717) is 17.5 Å². The van der Waals surface area contributed by atoms with E-state index >= 15 is 0 Å². The number of aromatic nitrogens is 1. The Morgan fingerprint density at radius 1 is 1.16 bits per heavy atom. The Hall–Kier alpha value is -1.58. The fourth-order valence-corrected chi connectivity index (χ4v) is 4.50. The maximum absolute atomic E-state index is 11.9. The first kappa shape index (κ1) is 11.3. The Kier molecular flexibility index (Phi) is 2.50. The van der Waals surface area contributed by atoms with Crippen molar-refractivity contribution in [3.05, 3.63) is 24.0 Å². The largest absolute Gasteiger partial charge is 0.357 e. The Labute approximate surface area is 112 Å². The second kappa shape index (κ2) is 4.22. The summed E-state index contributed by atoms with van der Waals surface area (Å²) in [5, 5.41) is 4.48. The number of nitrogens with zero attached hydrogens (tertiary/aromatic N) is 1. The quantitative estimate of drug-likeness (QED) is 0.786. The number of hydrazone groups is 1. The second-order valence-corrected chi connectivity index (χ2v) is 6.37. The minimum absolute atomic E-state index is 0.133. The summed E-state index contributed by atoms with van der Waals surface area (Å²) in [4.78, 5) is 14.8. The number of hydrogen-bond acceptors (Lipinski definition) is 2. The van der Waals surface area contributed by atoms with Crippen LogP contribution in [0.25, 0.3) is 0 Å². The van der Waals surface area contributed by atoms with Crippen LogP contribution in [0.5, 0.6) is 0 Å². The maximum Gasteiger partial charge on any atom is 0.287 e. The molecule has 100 valence electrons. The predicted octanol–water partition coefficient (Wildman–Crippen LogP) is 2.56. The van der Waals surface area contributed by atoms with Gasteiger partial charge in [0.05, 0.1) is 0 Å². The molecule has 5 rings (SSSR count). The van der Waals surface area contributed by atoms with Crippen LogP contribution in [0.1, 0.15) is 42.6 Å². The first-order valence-corrected chi connectivity index (χ1v) is 7.31. The van der Waals surface area contributed by atoms with E-state index in [1.54, 1.807) is 12.3 Å². The van der Waals surface area contributed by atoms with Gasteiger partial charge in [-0.15, -0.1) is 0 Å². The van der Waals surface area contributed by atoms with Crippen molar-refractivity contribution in [1.29, 1.82) is 0 Å². The standard InChI is InChI=1S/C15H19N3O/c19-15(13-2-1-3-16-13)18-17-14-11-5-9-4-10(7-11)8-12(14)6-9/h1-3,9-12,16H,4-8H2,(H,18,19). The SMILES string of the molecule is O=C(NN=C1C2CC3CC(C2)CC1C3)c1ccc[nH]1. The molecule has 1 aromatic rings. The van der Waals surface area contributed by atoms with Gasteiger partial charge in [-0.25, -0.2) is 5.43 Å². The average Bonchev–Trinajstić information content (AvgIpc) is 2.90. The molecule has 4 bridgehead atoms. The lowest BCUT2D eigenvalue weighted by Gasteiger charge is -2.50. The summed E-state index contributed by atoms with van der Waals surface area (Å²) in [5.41, 5.74) is 4.58. The second-order valence-electron chi connectivity index (χ2n) is 6.37. The smallest absolute Gasteiger partial charge is 0.287 e. The zero-order valence-corrected chi connectivity index (χ0v) is 10.9. The molecule has 4 nitrogen and oxygen atoms in total. The van der Waals surface area contributed by atoms with Crippen LogP contribution in [0, 0.1) is 23.7 Å². The molecule has 0 atom stereocenters. The van der Waals surface area contributed by atoms with Gasteiger partial charge in [0.2, 0.25) is 0 Å². The summed E-state index contributed by atoms with van der Waals surface area (Å²) in [7, 11) is 0. The highest BCUT2D eigenvalue weighted by Gasteiger charge is 2.46. The van der Waals surface area contributed by atoms with Gasteiger partial charge in [-0.3, -0.25) is 4.79 Å². The number of hydrogen-bond donors (Lipinski definition) is 2. The lowest BCUT2D eigenvalue weighted by Crippen LogP contribution is -2.46. The molecule has 1 amide bonds. The van der Waals surface area contributed by atoms with Crippen LogP contribution < -0.4 is 5.43 Å². The van der Waals surface area contributed by atoms with E-state index < -0.39 is 0 Å². The molecule has 0 unspecified atom stereocenters. The minimum atomic E-state index is -0.133. The number of aromatic amines is 1. The van der Waals surface area contributed by atoms with Crippen molar-refractivity contribution in [2.75, 3.05) is 0 Å². The zero-order valence-electron chi connectivity index (χ0n) is 10.9. The van der Waals surface area contributed by atoms with Crippen molar-refractivity contribution in [3.63, 3.8) is 0 Å². The van der Waals surface area contributed by atoms with Crippen LogP contribution in [-0.4, -0.2) is 16.6 Å². The van der Waals surface area contributed by atoms with Crippen LogP contribution in [0.15, 0.2) is 23.4 Å². The van der Waals surface area contributed by atoms with E-state index in [1.165, 1.54) is 37.8 Å². The molecule has 0 saturated heterocycles. The van der Waals surface area contributed by atoms with E-state index in [2.05, 4.69) is 15.5 Å². The fraction of sp³-hybridized carbons (Fsp3) is 0.600. The van der Waals surface area contributed by atoms with Gasteiger partial charge in [-0.2, -0.15) is 5.10 Å². The highest BCUT2D eigenvalue weighted by atomic mass is 16.2. The number of carbonyl (C=O) groups excluding carboxylic acids is 1. The third-order valence-corrected chi connectivity index (χ3v) is 5.10. The van der Waals surface area contributed by atoms with Crippen molar-refractivity contribution in [2.45, 2.75) is 32.1 Å². The number of rotatable bonds is 2. The van der Waals surface area contributed by atoms with Crippen LogP contribution >= 0.6 is 0 Å². The highest BCUT2D eigenvalue weighted by molar-refractivity contribution is 5.95. The van der Waals surface area contributed by atoms with Crippen molar-refractivity contribution in [3.8, 4) is 0 Å². The summed E-state index contributed by atoms with van der Waals surface area (Å²) in [5.74, 6) is 3.01. The van der Waals surface area contributed by atoms with Gasteiger partial charge in [0.15, 0.2) is 0 Å². The number of carbonyl (C=O) groups is 1. The molecule has 4 saturated carbocycles. The average molecular weight is 257 g/mol. The van der Waals surface area contributed by atoms with E-state index in [4.69, 9.17) is 0 Å². The Bertz CT molecular complexity index is 488. The van der Waals surface area contributed by atoms with Crippen LogP contribution in [-0.2, 0) is 0 Å². The summed E-state index contributed by atoms with van der Waals surface area (Å²) >= 11 is 0. The Morgan fingerprint density at radius 2 is 1.84 bits per heavy atom. The van der Waals surface area contributed by atoms with Crippen LogP contribution in [0.3, 0.4) is 0 Å². The third-order valence-electron chi connectivity index (χ3n) is 5.10. The zero-order chi connectivity index (χ0) is 12.8. The number of amides is 1. The number of H-pyrrole nitrogens is 1. The summed E-state index contributed by atoms with van der Waals surface area (Å²) < 4.78 is 0. The molecule has 4 aliphatic rings. The highest BCUT2D eigenvalue weighted by Crippen LogP contribution is 2.52. The van der Waals surface area contributed by atoms with Crippen molar-refractivity contribution >= 4 is 11.6 Å². The fourth-order valence-electron chi connectivity index (χ4n) is 4.50. The Morgan fingerprint density at radius 3 is 2.42 bits per heavy atom. The van der Waals surface area contributed by atoms with Gasteiger partial charge < -0.3 is 4.98 Å². The van der Waals surface area contributed by atoms with Crippen LogP contribution in [0.2, 0.25) is 0 Å². The summed E-state index contributed by atoms with van der Waals surface area (Å²) in [6.45, 7) is 0. The van der Waals surface area contributed by atoms with Gasteiger partial charge in [-0.05, 0) is 67.9 Å². The normalized spacial score (nSPS) is 35.5. The lowest BCUT2D eigenvalue weighted by atomic mass is 9.55. The molecule has 4 fully saturated rings. The molecule has 1 heterocycles. The minimum Gasteiger partial charge on any atom is -0.357 e. The predicted molar refractivity (Wildman–Crippen MR) is 72.7 cm³/mol. The summed E-state index contributed by atoms with van der Waals surface area (Å²) in [6, 6.07) is 3.59. The van der Waals surface area contributed by atoms with E-state index in [-0.39, 0.29) is 5.91 Å². The van der Waals surface area contributed by atoms with E-state index in [1.807, 2.05) is 6.07 Å². The van der Waals surface area contributed by atoms with E-state index in [9.17, 15) is 4.79 Å². The molecule has 19 heavy (non-hydrogen) atoms. The molecule has 4 heteroatoms. The first-order chi connectivity index (χ1) is 9.29. The molecule has 0 aromatic carbocycles. The van der Waals surface area contributed by atoms with Crippen molar-refractivity contribution in [1.82, 2.24) is 10.4 Å². The molecule has 0 aliphatic heterocycles. The number of nitrogens with one attached hydrogen (secondary N) is 2. The van der Waals surface area contributed by atoms with Gasteiger partial charge in [0.25, 0.3) is 5.91 Å². The molecule has 4 aliphatic carbocycles. The van der Waals surface area contributed by atoms with Crippen LogP contribution in [0.4, 0.5) is 0 Å². The molecule has 2 N–H and O–H groups in total. The van der Waals surface area contributed by atoms with Gasteiger partial charge in [0, 0.05) is 11.9 Å². The first-order valence-electron chi connectivity index (χ1n) is 7.31. The lowest BCUT2D eigenvalue weighted by molar-refractivity contribution is 0.0938. The van der Waals surface area contributed by atoms with Gasteiger partial charge in [0.1, 0.15) is 5.69 Å². The molecule has 0 spiro atoms. The molecule has 0 radical (unpaired) electrons. The molecule has 1 aromatic heterocycles. The van der Waals surface area contributed by atoms with Gasteiger partial charge in [-0.1, -0.05) is 0 Å². The maximum atomic E-state index is 11.9. The Balaban J connectivity index is 1.50. The van der Waals surface area contributed by atoms with Gasteiger partial charge >= 0.3 is 0 Å².